The highest BCUT2D eigenvalue weighted by molar-refractivity contribution is 5.90. The van der Waals surface area contributed by atoms with Gasteiger partial charge in [-0.25, -0.2) is 4.79 Å². The first-order valence-corrected chi connectivity index (χ1v) is 10.5. The number of nitrogens with zero attached hydrogens (tertiary/aromatic N) is 4. The lowest BCUT2D eigenvalue weighted by Gasteiger charge is -2.35. The van der Waals surface area contributed by atoms with Gasteiger partial charge in [-0.3, -0.25) is 4.79 Å². The van der Waals surface area contributed by atoms with E-state index in [-0.39, 0.29) is 11.6 Å². The Morgan fingerprint density at radius 3 is 2.26 bits per heavy atom. The molecule has 0 atom stereocenters. The monoisotopic (exact) mass is 417 g/mol. The molecule has 31 heavy (non-hydrogen) atoms. The minimum absolute atomic E-state index is 0.0917. The molecule has 2 aromatic carbocycles. The van der Waals surface area contributed by atoms with Crippen LogP contribution < -0.4 is 15.8 Å². The van der Waals surface area contributed by atoms with Gasteiger partial charge in [-0.2, -0.15) is 4.68 Å². The van der Waals surface area contributed by atoms with E-state index in [0.29, 0.717) is 26.2 Å². The van der Waals surface area contributed by atoms with Gasteiger partial charge >= 0.3 is 6.03 Å². The van der Waals surface area contributed by atoms with Crippen molar-refractivity contribution in [2.24, 2.45) is 0 Å². The van der Waals surface area contributed by atoms with Gasteiger partial charge in [-0.1, -0.05) is 29.8 Å². The second-order valence-corrected chi connectivity index (χ2v) is 8.00. The first-order chi connectivity index (χ1) is 14.9. The van der Waals surface area contributed by atoms with Crippen LogP contribution in [0, 0.1) is 20.8 Å². The summed E-state index contributed by atoms with van der Waals surface area (Å²) in [6, 6.07) is 16.9. The molecule has 3 aromatic rings. The average molecular weight is 418 g/mol. The molecule has 160 valence electrons. The van der Waals surface area contributed by atoms with Crippen LogP contribution in [0.3, 0.4) is 0 Å². The molecule has 7 nitrogen and oxygen atoms in total. The van der Waals surface area contributed by atoms with Crippen molar-refractivity contribution < 1.29 is 4.79 Å². The largest absolute Gasteiger partial charge is 0.352 e. The highest BCUT2D eigenvalue weighted by atomic mass is 16.2. The van der Waals surface area contributed by atoms with Crippen LogP contribution in [0.1, 0.15) is 16.7 Å². The van der Waals surface area contributed by atoms with E-state index < -0.39 is 0 Å². The first-order valence-electron chi connectivity index (χ1n) is 10.5. The zero-order valence-corrected chi connectivity index (χ0v) is 18.1. The number of hydrogen-bond donors (Lipinski definition) is 1. The fourth-order valence-electron chi connectivity index (χ4n) is 3.64. The maximum absolute atomic E-state index is 12.7. The summed E-state index contributed by atoms with van der Waals surface area (Å²) < 4.78 is 1.42. The predicted octanol–water partition coefficient (Wildman–Crippen LogP) is 3.51. The molecule has 2 amide bonds. The maximum Gasteiger partial charge on any atom is 0.321 e. The zero-order chi connectivity index (χ0) is 22.0. The third-order valence-corrected chi connectivity index (χ3v) is 5.59. The topological polar surface area (TPSA) is 70.5 Å². The van der Waals surface area contributed by atoms with Crippen LogP contribution in [-0.4, -0.2) is 46.9 Å². The Labute approximate surface area is 181 Å². The van der Waals surface area contributed by atoms with Gasteiger partial charge in [-0.05, 0) is 56.2 Å². The lowest BCUT2D eigenvalue weighted by atomic mass is 10.1. The number of rotatable bonds is 3. The molecule has 1 fully saturated rings. The molecule has 4 rings (SSSR count). The van der Waals surface area contributed by atoms with Gasteiger partial charge in [0.2, 0.25) is 0 Å². The highest BCUT2D eigenvalue weighted by Gasteiger charge is 2.23. The molecule has 1 aliphatic heterocycles. The highest BCUT2D eigenvalue weighted by Crippen LogP contribution is 2.18. The van der Waals surface area contributed by atoms with Crippen LogP contribution in [0.4, 0.5) is 16.3 Å². The number of piperazine rings is 1. The van der Waals surface area contributed by atoms with Crippen LogP contribution in [0.15, 0.2) is 59.4 Å². The SMILES string of the molecule is Cc1ccc(-n2nc(N3CCN(C(=O)Nc4cc(C)ccc4C)CC3)ccc2=O)cc1. The summed E-state index contributed by atoms with van der Waals surface area (Å²) in [5.74, 6) is 0.731. The molecule has 0 radical (unpaired) electrons. The molecule has 1 aromatic heterocycles. The van der Waals surface area contributed by atoms with Gasteiger partial charge in [0.25, 0.3) is 5.56 Å². The van der Waals surface area contributed by atoms with E-state index in [0.717, 1.165) is 33.9 Å². The van der Waals surface area contributed by atoms with Gasteiger partial charge in [0.05, 0.1) is 5.69 Å². The Balaban J connectivity index is 1.43. The number of carbonyl (C=O) groups is 1. The summed E-state index contributed by atoms with van der Waals surface area (Å²) in [6.45, 7) is 8.48. The molecule has 2 heterocycles. The number of aromatic nitrogens is 2. The van der Waals surface area contributed by atoms with Gasteiger partial charge in [-0.15, -0.1) is 5.10 Å². The summed E-state index contributed by atoms with van der Waals surface area (Å²) in [5, 5.41) is 7.59. The Morgan fingerprint density at radius 2 is 1.55 bits per heavy atom. The van der Waals surface area contributed by atoms with E-state index >= 15 is 0 Å². The lowest BCUT2D eigenvalue weighted by molar-refractivity contribution is 0.208. The number of urea groups is 1. The van der Waals surface area contributed by atoms with E-state index in [1.54, 1.807) is 12.1 Å². The predicted molar refractivity (Wildman–Crippen MR) is 123 cm³/mol. The molecule has 0 bridgehead atoms. The van der Waals surface area contributed by atoms with Crippen molar-refractivity contribution in [2.45, 2.75) is 20.8 Å². The van der Waals surface area contributed by atoms with Crippen molar-refractivity contribution in [2.75, 3.05) is 36.4 Å². The standard InChI is InChI=1S/C24H27N5O2/c1-17-5-8-20(9-6-17)29-23(30)11-10-22(26-29)27-12-14-28(15-13-27)24(31)25-21-16-18(2)4-7-19(21)3/h4-11,16H,12-15H2,1-3H3,(H,25,31). The van der Waals surface area contributed by atoms with Crippen molar-refractivity contribution in [3.05, 3.63) is 81.6 Å². The molecule has 1 saturated heterocycles. The normalized spacial score (nSPS) is 13.9. The number of nitrogens with one attached hydrogen (secondary N) is 1. The quantitative estimate of drug-likeness (QED) is 0.708. The van der Waals surface area contributed by atoms with Crippen molar-refractivity contribution >= 4 is 17.5 Å². The fourth-order valence-corrected chi connectivity index (χ4v) is 3.64. The summed E-state index contributed by atoms with van der Waals surface area (Å²) >= 11 is 0. The number of aryl methyl sites for hydroxylation is 3. The lowest BCUT2D eigenvalue weighted by Crippen LogP contribution is -2.50. The van der Waals surface area contributed by atoms with E-state index in [4.69, 9.17) is 0 Å². The zero-order valence-electron chi connectivity index (χ0n) is 18.1. The molecule has 0 saturated carbocycles. The van der Waals surface area contributed by atoms with Crippen LogP contribution in [0.5, 0.6) is 0 Å². The second-order valence-electron chi connectivity index (χ2n) is 8.00. The third kappa shape index (κ3) is 4.60. The smallest absolute Gasteiger partial charge is 0.321 e. The number of benzene rings is 2. The third-order valence-electron chi connectivity index (χ3n) is 5.59. The average Bonchev–Trinajstić information content (AvgIpc) is 2.77. The molecule has 1 aliphatic rings. The van der Waals surface area contributed by atoms with E-state index in [1.165, 1.54) is 4.68 Å². The molecule has 0 spiro atoms. The molecule has 0 aliphatic carbocycles. The van der Waals surface area contributed by atoms with Crippen LogP contribution in [0.25, 0.3) is 5.69 Å². The Morgan fingerprint density at radius 1 is 0.871 bits per heavy atom. The summed E-state index contributed by atoms with van der Waals surface area (Å²) in [7, 11) is 0. The summed E-state index contributed by atoms with van der Waals surface area (Å²) in [6.07, 6.45) is 0. The van der Waals surface area contributed by atoms with Crippen molar-refractivity contribution in [1.82, 2.24) is 14.7 Å². The Hall–Kier alpha value is -3.61. The van der Waals surface area contributed by atoms with E-state index in [1.807, 2.05) is 68.1 Å². The van der Waals surface area contributed by atoms with Crippen LogP contribution >= 0.6 is 0 Å². The number of carbonyl (C=O) groups excluding carboxylic acids is 1. The number of hydrogen-bond acceptors (Lipinski definition) is 4. The van der Waals surface area contributed by atoms with E-state index in [9.17, 15) is 9.59 Å². The summed E-state index contributed by atoms with van der Waals surface area (Å²) in [4.78, 5) is 29.0. The van der Waals surface area contributed by atoms with Gasteiger partial charge < -0.3 is 15.1 Å². The molecule has 1 N–H and O–H groups in total. The molecule has 0 unspecified atom stereocenters. The summed E-state index contributed by atoms with van der Waals surface area (Å²) in [5.41, 5.74) is 4.70. The Kier molecular flexibility index (Phi) is 5.75. The van der Waals surface area contributed by atoms with Crippen LogP contribution in [0.2, 0.25) is 0 Å². The second kappa shape index (κ2) is 8.63. The first kappa shape index (κ1) is 20.7. The maximum atomic E-state index is 12.7. The minimum atomic E-state index is -0.167. The minimum Gasteiger partial charge on any atom is -0.352 e. The molecule has 7 heteroatoms. The number of amides is 2. The van der Waals surface area contributed by atoms with Crippen molar-refractivity contribution in [3.63, 3.8) is 0 Å². The molecular formula is C24H27N5O2. The van der Waals surface area contributed by atoms with Gasteiger partial charge in [0.15, 0.2) is 0 Å². The fraction of sp³-hybridized carbons (Fsp3) is 0.292. The van der Waals surface area contributed by atoms with Gasteiger partial charge in [0.1, 0.15) is 5.82 Å². The van der Waals surface area contributed by atoms with E-state index in [2.05, 4.69) is 15.3 Å². The van der Waals surface area contributed by atoms with Crippen molar-refractivity contribution in [3.8, 4) is 5.69 Å². The number of anilines is 2. The molecular weight excluding hydrogens is 390 g/mol. The van der Waals surface area contributed by atoms with Crippen molar-refractivity contribution in [1.29, 1.82) is 0 Å². The van der Waals surface area contributed by atoms with Gasteiger partial charge in [0, 0.05) is 37.9 Å². The van der Waals surface area contributed by atoms with Crippen LogP contribution in [-0.2, 0) is 0 Å². The Bertz CT molecular complexity index is 1150.